The van der Waals surface area contributed by atoms with Crippen molar-refractivity contribution < 1.29 is 19.4 Å². The fraction of sp³-hybridized carbons (Fsp3) is 0.643. The highest BCUT2D eigenvalue weighted by atomic mass is 16.5. The number of carboxylic acid groups (broad SMARTS) is 1. The van der Waals surface area contributed by atoms with Crippen LogP contribution in [0.2, 0.25) is 0 Å². The molecule has 0 aromatic heterocycles. The van der Waals surface area contributed by atoms with Crippen LogP contribution in [0, 0.1) is 5.92 Å². The van der Waals surface area contributed by atoms with Crippen molar-refractivity contribution >= 4 is 5.97 Å². The average molecular weight is 254 g/mol. The second kappa shape index (κ2) is 7.93. The number of rotatable bonds is 8. The molecule has 0 amide bonds. The molecule has 0 radical (unpaired) electrons. The zero-order valence-corrected chi connectivity index (χ0v) is 10.8. The van der Waals surface area contributed by atoms with E-state index in [1.54, 1.807) is 6.08 Å². The smallest absolute Gasteiger partial charge is 0.306 e. The highest BCUT2D eigenvalue weighted by Crippen LogP contribution is 2.26. The number of hydrogen-bond acceptors (Lipinski definition) is 3. The van der Waals surface area contributed by atoms with E-state index in [-0.39, 0.29) is 12.0 Å². The molecule has 0 aromatic carbocycles. The van der Waals surface area contributed by atoms with E-state index < -0.39 is 5.97 Å². The molecule has 0 spiro atoms. The van der Waals surface area contributed by atoms with Gasteiger partial charge in [-0.1, -0.05) is 13.2 Å². The molecule has 1 saturated carbocycles. The fourth-order valence-corrected chi connectivity index (χ4v) is 2.05. The lowest BCUT2D eigenvalue weighted by Crippen LogP contribution is -2.26. The third kappa shape index (κ3) is 5.36. The van der Waals surface area contributed by atoms with E-state index in [4.69, 9.17) is 14.6 Å². The summed E-state index contributed by atoms with van der Waals surface area (Å²) in [6.07, 6.45) is 5.74. The first-order chi connectivity index (χ1) is 8.63. The molecule has 0 bridgehead atoms. The Hall–Kier alpha value is -1.29. The van der Waals surface area contributed by atoms with Crippen molar-refractivity contribution in [3.05, 3.63) is 25.0 Å². The standard InChI is InChI=1S/C14H22O4/c1-3-11(2)17-9-4-10-18-13-7-5-12(6-8-13)14(15)16/h3,12-13H,1-2,4-10H2,(H,15,16). The summed E-state index contributed by atoms with van der Waals surface area (Å²) in [5.41, 5.74) is 0. The number of carboxylic acids is 1. The van der Waals surface area contributed by atoms with Gasteiger partial charge in [-0.3, -0.25) is 4.79 Å². The summed E-state index contributed by atoms with van der Waals surface area (Å²) in [6.45, 7) is 8.42. The first-order valence-corrected chi connectivity index (χ1v) is 6.42. The van der Waals surface area contributed by atoms with Gasteiger partial charge in [-0.25, -0.2) is 0 Å². The maximum absolute atomic E-state index is 10.8. The van der Waals surface area contributed by atoms with Crippen molar-refractivity contribution in [2.24, 2.45) is 5.92 Å². The largest absolute Gasteiger partial charge is 0.494 e. The molecule has 1 rings (SSSR count). The Bertz CT molecular complexity index is 290. The average Bonchev–Trinajstić information content (AvgIpc) is 2.38. The minimum atomic E-state index is -0.676. The van der Waals surface area contributed by atoms with Crippen LogP contribution in [0.5, 0.6) is 0 Å². The van der Waals surface area contributed by atoms with Crippen LogP contribution >= 0.6 is 0 Å². The van der Waals surface area contributed by atoms with Gasteiger partial charge in [0.25, 0.3) is 0 Å². The Kier molecular flexibility index (Phi) is 6.50. The van der Waals surface area contributed by atoms with Crippen LogP contribution in [0.25, 0.3) is 0 Å². The van der Waals surface area contributed by atoms with Crippen molar-refractivity contribution in [3.8, 4) is 0 Å². The van der Waals surface area contributed by atoms with Gasteiger partial charge in [0.2, 0.25) is 0 Å². The van der Waals surface area contributed by atoms with Crippen LogP contribution in [-0.4, -0.2) is 30.4 Å². The molecule has 18 heavy (non-hydrogen) atoms. The molecule has 1 aliphatic carbocycles. The van der Waals surface area contributed by atoms with Crippen LogP contribution in [-0.2, 0) is 14.3 Å². The second-order valence-corrected chi connectivity index (χ2v) is 4.56. The molecule has 102 valence electrons. The topological polar surface area (TPSA) is 55.8 Å². The summed E-state index contributed by atoms with van der Waals surface area (Å²) >= 11 is 0. The predicted octanol–water partition coefficient (Wildman–Crippen LogP) is 2.75. The second-order valence-electron chi connectivity index (χ2n) is 4.56. The molecule has 0 aliphatic heterocycles. The zero-order valence-electron chi connectivity index (χ0n) is 10.8. The number of carbonyl (C=O) groups is 1. The molecule has 0 atom stereocenters. The van der Waals surface area contributed by atoms with Gasteiger partial charge in [-0.2, -0.15) is 0 Å². The fourth-order valence-electron chi connectivity index (χ4n) is 2.05. The van der Waals surface area contributed by atoms with E-state index >= 15 is 0 Å². The molecule has 1 fully saturated rings. The van der Waals surface area contributed by atoms with Gasteiger partial charge in [0.1, 0.15) is 5.76 Å². The maximum Gasteiger partial charge on any atom is 0.306 e. The summed E-state index contributed by atoms with van der Waals surface area (Å²) < 4.78 is 11.0. The third-order valence-corrected chi connectivity index (χ3v) is 3.18. The Balaban J connectivity index is 2.02. The van der Waals surface area contributed by atoms with E-state index in [0.717, 1.165) is 32.1 Å². The van der Waals surface area contributed by atoms with Crippen LogP contribution in [0.3, 0.4) is 0 Å². The van der Waals surface area contributed by atoms with Crippen molar-refractivity contribution in [2.45, 2.75) is 38.2 Å². The van der Waals surface area contributed by atoms with Crippen LogP contribution in [0.15, 0.2) is 25.0 Å². The molecule has 1 N–H and O–H groups in total. The lowest BCUT2D eigenvalue weighted by molar-refractivity contribution is -0.143. The first kappa shape index (κ1) is 14.8. The van der Waals surface area contributed by atoms with E-state index in [1.807, 2.05) is 0 Å². The molecular weight excluding hydrogens is 232 g/mol. The normalized spacial score (nSPS) is 23.3. The van der Waals surface area contributed by atoms with E-state index in [1.165, 1.54) is 0 Å². The molecule has 0 unspecified atom stereocenters. The summed E-state index contributed by atoms with van der Waals surface area (Å²) in [5.74, 6) is -0.272. The van der Waals surface area contributed by atoms with Crippen molar-refractivity contribution in [2.75, 3.05) is 13.2 Å². The predicted molar refractivity (Wildman–Crippen MR) is 69.2 cm³/mol. The van der Waals surface area contributed by atoms with Crippen molar-refractivity contribution in [1.82, 2.24) is 0 Å². The molecule has 0 saturated heterocycles. The van der Waals surface area contributed by atoms with E-state index in [0.29, 0.717) is 19.0 Å². The highest BCUT2D eigenvalue weighted by Gasteiger charge is 2.25. The van der Waals surface area contributed by atoms with Gasteiger partial charge in [0.15, 0.2) is 0 Å². The summed E-state index contributed by atoms with van der Waals surface area (Å²) in [4.78, 5) is 10.8. The van der Waals surface area contributed by atoms with Gasteiger partial charge < -0.3 is 14.6 Å². The van der Waals surface area contributed by atoms with Crippen LogP contribution in [0.4, 0.5) is 0 Å². The van der Waals surface area contributed by atoms with Gasteiger partial charge in [0, 0.05) is 6.42 Å². The van der Waals surface area contributed by atoms with E-state index in [2.05, 4.69) is 13.2 Å². The molecule has 4 nitrogen and oxygen atoms in total. The SMILES string of the molecule is C=CC(=C)OCCCOC1CCC(C(=O)O)CC1. The molecule has 0 aromatic rings. The Morgan fingerprint density at radius 3 is 2.50 bits per heavy atom. The van der Waals surface area contributed by atoms with Crippen molar-refractivity contribution in [3.63, 3.8) is 0 Å². The van der Waals surface area contributed by atoms with Crippen LogP contribution < -0.4 is 0 Å². The number of hydrogen-bond donors (Lipinski definition) is 1. The van der Waals surface area contributed by atoms with Gasteiger partial charge in [-0.05, 0) is 31.8 Å². The Morgan fingerprint density at radius 2 is 1.94 bits per heavy atom. The monoisotopic (exact) mass is 254 g/mol. The molecule has 0 heterocycles. The zero-order chi connectivity index (χ0) is 13.4. The Labute approximate surface area is 108 Å². The summed E-state index contributed by atoms with van der Waals surface area (Å²) in [7, 11) is 0. The summed E-state index contributed by atoms with van der Waals surface area (Å²) in [5, 5.41) is 8.87. The number of allylic oxidation sites excluding steroid dienone is 1. The minimum Gasteiger partial charge on any atom is -0.494 e. The molecule has 1 aliphatic rings. The van der Waals surface area contributed by atoms with Gasteiger partial charge >= 0.3 is 5.97 Å². The lowest BCUT2D eigenvalue weighted by atomic mass is 9.87. The van der Waals surface area contributed by atoms with Crippen LogP contribution in [0.1, 0.15) is 32.1 Å². The minimum absolute atomic E-state index is 0.177. The van der Waals surface area contributed by atoms with Gasteiger partial charge in [0.05, 0.1) is 25.2 Å². The number of ether oxygens (including phenoxy) is 2. The molecule has 4 heteroatoms. The quantitative estimate of drug-likeness (QED) is 0.411. The molecular formula is C14H22O4. The Morgan fingerprint density at radius 1 is 1.28 bits per heavy atom. The maximum atomic E-state index is 10.8. The van der Waals surface area contributed by atoms with Gasteiger partial charge in [-0.15, -0.1) is 0 Å². The number of aliphatic carboxylic acids is 1. The van der Waals surface area contributed by atoms with Crippen molar-refractivity contribution in [1.29, 1.82) is 0 Å². The summed E-state index contributed by atoms with van der Waals surface area (Å²) in [6, 6.07) is 0. The highest BCUT2D eigenvalue weighted by molar-refractivity contribution is 5.70. The first-order valence-electron chi connectivity index (χ1n) is 6.42. The third-order valence-electron chi connectivity index (χ3n) is 3.18. The van der Waals surface area contributed by atoms with E-state index in [9.17, 15) is 4.79 Å². The lowest BCUT2D eigenvalue weighted by Gasteiger charge is -2.26.